The quantitative estimate of drug-likeness (QED) is 0.533. The van der Waals surface area contributed by atoms with Gasteiger partial charge < -0.3 is 5.11 Å². The maximum absolute atomic E-state index is 13.0. The standard InChI is InChI=1S/C21H16N2O4S/c1-23-19(21(25)17-9-2-3-10-18(17)28(23,26)27)20(24)15-7-4-6-14(12-15)16-8-5-11-22-13-16/h2-13,24H,1H3/b20-19+. The molecule has 0 saturated heterocycles. The van der Waals surface area contributed by atoms with Gasteiger partial charge in [-0.3, -0.25) is 14.1 Å². The van der Waals surface area contributed by atoms with Crippen LogP contribution in [0.5, 0.6) is 0 Å². The number of benzene rings is 2. The van der Waals surface area contributed by atoms with Crippen LogP contribution in [0.3, 0.4) is 0 Å². The Kier molecular flexibility index (Phi) is 4.24. The lowest BCUT2D eigenvalue weighted by Gasteiger charge is -2.28. The molecule has 1 aromatic heterocycles. The number of rotatable bonds is 2. The maximum atomic E-state index is 13.0. The molecule has 6 nitrogen and oxygen atoms in total. The van der Waals surface area contributed by atoms with E-state index in [2.05, 4.69) is 4.98 Å². The van der Waals surface area contributed by atoms with E-state index in [0.717, 1.165) is 15.4 Å². The third kappa shape index (κ3) is 2.76. The number of pyridine rings is 1. The lowest BCUT2D eigenvalue weighted by molar-refractivity contribution is 0.100. The summed E-state index contributed by atoms with van der Waals surface area (Å²) in [5.41, 5.74) is 1.73. The van der Waals surface area contributed by atoms with Crippen LogP contribution in [0.25, 0.3) is 16.9 Å². The van der Waals surface area contributed by atoms with E-state index >= 15 is 0 Å². The fourth-order valence-corrected chi connectivity index (χ4v) is 4.58. The van der Waals surface area contributed by atoms with E-state index in [1.54, 1.807) is 48.8 Å². The van der Waals surface area contributed by atoms with Crippen LogP contribution in [0.1, 0.15) is 15.9 Å². The average Bonchev–Trinajstić information content (AvgIpc) is 2.73. The van der Waals surface area contributed by atoms with Crippen LogP contribution in [0.4, 0.5) is 0 Å². The Hall–Kier alpha value is -3.45. The number of aliphatic hydroxyl groups is 1. The first-order valence-electron chi connectivity index (χ1n) is 8.48. The van der Waals surface area contributed by atoms with Gasteiger partial charge in [0.25, 0.3) is 10.0 Å². The number of carbonyl (C=O) groups is 1. The number of allylic oxidation sites excluding steroid dienone is 1. The second-order valence-corrected chi connectivity index (χ2v) is 8.26. The highest BCUT2D eigenvalue weighted by Gasteiger charge is 2.39. The molecule has 28 heavy (non-hydrogen) atoms. The predicted molar refractivity (Wildman–Crippen MR) is 105 cm³/mol. The molecule has 0 atom stereocenters. The van der Waals surface area contributed by atoms with Crippen molar-refractivity contribution in [1.82, 2.24) is 9.29 Å². The van der Waals surface area contributed by atoms with Gasteiger partial charge in [-0.15, -0.1) is 0 Å². The van der Waals surface area contributed by atoms with Gasteiger partial charge in [-0.25, -0.2) is 8.42 Å². The second-order valence-electron chi connectivity index (χ2n) is 6.32. The van der Waals surface area contributed by atoms with Crippen molar-refractivity contribution in [3.8, 4) is 11.1 Å². The number of hydrogen-bond acceptors (Lipinski definition) is 5. The molecule has 0 spiro atoms. The molecule has 0 saturated carbocycles. The molecule has 2 aromatic carbocycles. The van der Waals surface area contributed by atoms with Crippen LogP contribution < -0.4 is 0 Å². The lowest BCUT2D eigenvalue weighted by atomic mass is 10.0. The number of aromatic nitrogens is 1. The van der Waals surface area contributed by atoms with Gasteiger partial charge in [-0.2, -0.15) is 0 Å². The molecule has 2 heterocycles. The monoisotopic (exact) mass is 392 g/mol. The van der Waals surface area contributed by atoms with Gasteiger partial charge in [0.15, 0.2) is 5.76 Å². The number of fused-ring (bicyclic) bond motifs is 1. The predicted octanol–water partition coefficient (Wildman–Crippen LogP) is 3.49. The Labute approximate surface area is 162 Å². The fourth-order valence-electron chi connectivity index (χ4n) is 3.19. The van der Waals surface area contributed by atoms with Crippen LogP contribution in [0, 0.1) is 0 Å². The molecular formula is C21H16N2O4S. The lowest BCUT2D eigenvalue weighted by Crippen LogP contribution is -2.37. The second kappa shape index (κ2) is 6.61. The van der Waals surface area contributed by atoms with Crippen molar-refractivity contribution in [3.05, 3.63) is 89.9 Å². The van der Waals surface area contributed by atoms with Crippen molar-refractivity contribution in [3.63, 3.8) is 0 Å². The minimum absolute atomic E-state index is 0.0468. The number of ketones is 1. The van der Waals surface area contributed by atoms with Gasteiger partial charge in [0, 0.05) is 36.1 Å². The Balaban J connectivity index is 1.89. The Morgan fingerprint density at radius 2 is 1.75 bits per heavy atom. The maximum Gasteiger partial charge on any atom is 0.265 e. The van der Waals surface area contributed by atoms with Crippen LogP contribution in [0.2, 0.25) is 0 Å². The third-order valence-electron chi connectivity index (χ3n) is 4.66. The third-order valence-corrected chi connectivity index (χ3v) is 6.47. The number of nitrogens with zero attached hydrogens (tertiary/aromatic N) is 2. The van der Waals surface area contributed by atoms with Gasteiger partial charge >= 0.3 is 0 Å². The summed E-state index contributed by atoms with van der Waals surface area (Å²) in [5.74, 6) is -0.937. The first-order chi connectivity index (χ1) is 13.4. The van der Waals surface area contributed by atoms with Gasteiger partial charge in [0.05, 0.1) is 4.90 Å². The summed E-state index contributed by atoms with van der Waals surface area (Å²) >= 11 is 0. The van der Waals surface area contributed by atoms with E-state index < -0.39 is 21.6 Å². The molecule has 0 radical (unpaired) electrons. The Morgan fingerprint density at radius 3 is 2.50 bits per heavy atom. The minimum Gasteiger partial charge on any atom is -0.505 e. The van der Waals surface area contributed by atoms with Crippen molar-refractivity contribution in [2.45, 2.75) is 4.90 Å². The largest absolute Gasteiger partial charge is 0.505 e. The first kappa shape index (κ1) is 17.9. The number of aliphatic hydroxyl groups excluding tert-OH is 1. The first-order valence-corrected chi connectivity index (χ1v) is 9.92. The molecule has 4 rings (SSSR count). The highest BCUT2D eigenvalue weighted by atomic mass is 32.2. The molecule has 1 aliphatic rings. The van der Waals surface area contributed by atoms with E-state index in [-0.39, 0.29) is 16.2 Å². The smallest absolute Gasteiger partial charge is 0.265 e. The van der Waals surface area contributed by atoms with Gasteiger partial charge in [-0.05, 0) is 29.8 Å². The highest BCUT2D eigenvalue weighted by Crippen LogP contribution is 2.34. The SMILES string of the molecule is CN1/C(=C(/O)c2cccc(-c3cccnc3)c2)C(=O)c2ccccc2S1(=O)=O. The summed E-state index contributed by atoms with van der Waals surface area (Å²) in [5, 5.41) is 10.9. The van der Waals surface area contributed by atoms with Gasteiger partial charge in [0.2, 0.25) is 5.78 Å². The molecule has 0 aliphatic carbocycles. The average molecular weight is 392 g/mol. The van der Waals surface area contributed by atoms with Crippen LogP contribution >= 0.6 is 0 Å². The van der Waals surface area contributed by atoms with Crippen LogP contribution in [0.15, 0.2) is 83.6 Å². The van der Waals surface area contributed by atoms with E-state index in [0.29, 0.717) is 5.56 Å². The summed E-state index contributed by atoms with van der Waals surface area (Å²) in [6, 6.07) is 16.5. The van der Waals surface area contributed by atoms with Crippen molar-refractivity contribution in [1.29, 1.82) is 0 Å². The molecule has 1 aliphatic heterocycles. The van der Waals surface area contributed by atoms with Crippen molar-refractivity contribution >= 4 is 21.6 Å². The highest BCUT2D eigenvalue weighted by molar-refractivity contribution is 7.89. The van der Waals surface area contributed by atoms with Crippen LogP contribution in [-0.2, 0) is 10.0 Å². The normalized spacial score (nSPS) is 17.2. The number of likely N-dealkylation sites (N-methyl/N-ethyl adjacent to an activating group) is 1. The fraction of sp³-hybridized carbons (Fsp3) is 0.0476. The van der Waals surface area contributed by atoms with Crippen molar-refractivity contribution in [2.24, 2.45) is 0 Å². The molecular weight excluding hydrogens is 376 g/mol. The number of hydrogen-bond donors (Lipinski definition) is 1. The molecule has 1 N–H and O–H groups in total. The summed E-state index contributed by atoms with van der Waals surface area (Å²) in [4.78, 5) is 17.0. The minimum atomic E-state index is -3.93. The molecule has 0 amide bonds. The zero-order valence-corrected chi connectivity index (χ0v) is 15.7. The van der Waals surface area contributed by atoms with Gasteiger partial charge in [-0.1, -0.05) is 36.4 Å². The summed E-state index contributed by atoms with van der Waals surface area (Å²) < 4.78 is 26.4. The Morgan fingerprint density at radius 1 is 1.00 bits per heavy atom. The van der Waals surface area contributed by atoms with E-state index in [1.165, 1.54) is 19.2 Å². The molecule has 3 aromatic rings. The Bertz CT molecular complexity index is 1220. The topological polar surface area (TPSA) is 87.6 Å². The molecule has 140 valence electrons. The zero-order valence-electron chi connectivity index (χ0n) is 14.9. The van der Waals surface area contributed by atoms with Crippen molar-refractivity contribution in [2.75, 3.05) is 7.05 Å². The van der Waals surface area contributed by atoms with Crippen LogP contribution in [-0.4, -0.2) is 35.6 Å². The molecule has 0 bridgehead atoms. The molecule has 7 heteroatoms. The van der Waals surface area contributed by atoms with E-state index in [9.17, 15) is 18.3 Å². The number of carbonyl (C=O) groups excluding carboxylic acids is 1. The molecule has 0 unspecified atom stereocenters. The molecule has 0 fully saturated rings. The number of Topliss-reactive ketones (excluding diaryl/α,β-unsaturated/α-hetero) is 1. The number of sulfonamides is 1. The van der Waals surface area contributed by atoms with Gasteiger partial charge in [0.1, 0.15) is 5.70 Å². The zero-order chi connectivity index (χ0) is 19.9. The van der Waals surface area contributed by atoms with E-state index in [1.807, 2.05) is 12.1 Å². The summed E-state index contributed by atoms with van der Waals surface area (Å²) in [6.07, 6.45) is 3.34. The summed E-state index contributed by atoms with van der Waals surface area (Å²) in [6.45, 7) is 0. The summed E-state index contributed by atoms with van der Waals surface area (Å²) in [7, 11) is -2.67. The van der Waals surface area contributed by atoms with Crippen molar-refractivity contribution < 1.29 is 18.3 Å². The van der Waals surface area contributed by atoms with E-state index in [4.69, 9.17) is 0 Å².